The Kier molecular flexibility index (Phi) is 16.0. The van der Waals surface area contributed by atoms with Gasteiger partial charge in [0.25, 0.3) is 0 Å². The zero-order chi connectivity index (χ0) is 46.1. The summed E-state index contributed by atoms with van der Waals surface area (Å²) in [6.07, 6.45) is 17.4. The molecule has 0 radical (unpaired) electrons. The van der Waals surface area contributed by atoms with Gasteiger partial charge in [-0.05, 0) is 87.8 Å². The molecule has 0 bridgehead atoms. The highest BCUT2D eigenvalue weighted by Crippen LogP contribution is 2.62. The van der Waals surface area contributed by atoms with E-state index in [1.165, 1.54) is 0 Å². The van der Waals surface area contributed by atoms with E-state index in [9.17, 15) is 9.59 Å². The second-order valence-corrected chi connectivity index (χ2v) is 25.5. The van der Waals surface area contributed by atoms with Gasteiger partial charge in [-0.25, -0.2) is 9.97 Å². The minimum Gasteiger partial charge on any atom is -0.338 e. The summed E-state index contributed by atoms with van der Waals surface area (Å²) in [6, 6.07) is 0.237. The fraction of sp³-hybridized carbons (Fsp3) is 0.843. The molecule has 0 saturated heterocycles. The molecule has 0 aliphatic carbocycles. The van der Waals surface area contributed by atoms with Crippen LogP contribution in [0.4, 0.5) is 0 Å². The average molecular weight is 823 g/mol. The molecule has 5 atom stereocenters. The molecule has 0 saturated carbocycles. The quantitative estimate of drug-likeness (QED) is 0.130. The second-order valence-electron chi connectivity index (χ2n) is 25.5. The third-order valence-corrected chi connectivity index (χ3v) is 16.8. The van der Waals surface area contributed by atoms with Crippen LogP contribution < -0.4 is 10.6 Å². The molecular formula is C51H94N6O2. The number of carbonyl (C=O) groups excluding carboxylic acids is 2. The molecule has 340 valence electrons. The first-order chi connectivity index (χ1) is 26.4. The average Bonchev–Trinajstić information content (AvgIpc) is 3.82. The van der Waals surface area contributed by atoms with Crippen LogP contribution in [0.1, 0.15) is 204 Å². The van der Waals surface area contributed by atoms with E-state index in [2.05, 4.69) is 201 Å². The summed E-state index contributed by atoms with van der Waals surface area (Å²) in [5, 5.41) is 6.40. The minimum absolute atomic E-state index is 0.00907. The third-order valence-electron chi connectivity index (χ3n) is 16.8. The normalized spacial score (nSPS) is 17.7. The van der Waals surface area contributed by atoms with Crippen molar-refractivity contribution in [1.82, 2.24) is 29.7 Å². The molecular weight excluding hydrogens is 729 g/mol. The van der Waals surface area contributed by atoms with Gasteiger partial charge in [-0.1, -0.05) is 159 Å². The lowest BCUT2D eigenvalue weighted by Crippen LogP contribution is -2.55. The highest BCUT2D eigenvalue weighted by Gasteiger charge is 2.56. The van der Waals surface area contributed by atoms with Crippen LogP contribution in [0.2, 0.25) is 0 Å². The maximum atomic E-state index is 14.4. The van der Waals surface area contributed by atoms with Gasteiger partial charge in [0.15, 0.2) is 0 Å². The summed E-state index contributed by atoms with van der Waals surface area (Å²) in [6.45, 7) is 53.1. The molecule has 0 fully saturated rings. The Morgan fingerprint density at radius 2 is 1.02 bits per heavy atom. The van der Waals surface area contributed by atoms with Gasteiger partial charge in [0.2, 0.25) is 11.8 Å². The molecule has 0 aliphatic heterocycles. The Morgan fingerprint density at radius 1 is 0.576 bits per heavy atom. The molecule has 8 heteroatoms. The second kappa shape index (κ2) is 18.0. The molecule has 0 aliphatic rings. The molecule has 59 heavy (non-hydrogen) atoms. The number of imidazole rings is 2. The van der Waals surface area contributed by atoms with Crippen molar-refractivity contribution in [2.75, 3.05) is 6.67 Å². The first kappa shape index (κ1) is 52.5. The molecule has 8 nitrogen and oxygen atoms in total. The van der Waals surface area contributed by atoms with Crippen LogP contribution in [-0.2, 0) is 15.1 Å². The number of aromatic nitrogens is 4. The van der Waals surface area contributed by atoms with E-state index in [0.717, 1.165) is 25.7 Å². The molecule has 2 amide bonds. The maximum Gasteiger partial charge on any atom is 0.225 e. The molecule has 2 heterocycles. The van der Waals surface area contributed by atoms with Crippen molar-refractivity contribution in [3.8, 4) is 0 Å². The van der Waals surface area contributed by atoms with Crippen LogP contribution in [0.15, 0.2) is 37.4 Å². The van der Waals surface area contributed by atoms with E-state index >= 15 is 0 Å². The third kappa shape index (κ3) is 11.6. The first-order valence-electron chi connectivity index (χ1n) is 22.9. The van der Waals surface area contributed by atoms with Crippen LogP contribution >= 0.6 is 0 Å². The Morgan fingerprint density at radius 3 is 1.37 bits per heavy atom. The van der Waals surface area contributed by atoms with Crippen LogP contribution in [0.25, 0.3) is 0 Å². The van der Waals surface area contributed by atoms with Crippen molar-refractivity contribution in [2.24, 2.45) is 60.6 Å². The highest BCUT2D eigenvalue weighted by atomic mass is 16.2. The van der Waals surface area contributed by atoms with Crippen molar-refractivity contribution in [2.45, 2.75) is 209 Å². The van der Waals surface area contributed by atoms with Crippen molar-refractivity contribution in [3.05, 3.63) is 37.4 Å². The maximum absolute atomic E-state index is 14.4. The molecule has 2 aromatic heterocycles. The topological polar surface area (TPSA) is 93.8 Å². The number of rotatable bonds is 20. The number of amides is 2. The van der Waals surface area contributed by atoms with Crippen molar-refractivity contribution in [3.63, 3.8) is 0 Å². The molecule has 2 aromatic rings. The van der Waals surface area contributed by atoms with Crippen LogP contribution in [-0.4, -0.2) is 37.6 Å². The monoisotopic (exact) mass is 823 g/mol. The van der Waals surface area contributed by atoms with Gasteiger partial charge in [0.05, 0.1) is 19.3 Å². The summed E-state index contributed by atoms with van der Waals surface area (Å²) in [5.41, 5.74) is -1.60. The number of hydrogen-bond acceptors (Lipinski definition) is 4. The summed E-state index contributed by atoms with van der Waals surface area (Å²) < 4.78 is 4.62. The van der Waals surface area contributed by atoms with Gasteiger partial charge in [-0.2, -0.15) is 0 Å². The van der Waals surface area contributed by atoms with Crippen LogP contribution in [0.5, 0.6) is 0 Å². The van der Waals surface area contributed by atoms with E-state index in [0.29, 0.717) is 12.8 Å². The van der Waals surface area contributed by atoms with Gasteiger partial charge in [0, 0.05) is 48.2 Å². The van der Waals surface area contributed by atoms with Gasteiger partial charge in [0.1, 0.15) is 0 Å². The van der Waals surface area contributed by atoms with Crippen molar-refractivity contribution in [1.29, 1.82) is 0 Å². The van der Waals surface area contributed by atoms with Gasteiger partial charge < -0.3 is 19.8 Å². The van der Waals surface area contributed by atoms with E-state index in [-0.39, 0.29) is 90.6 Å². The molecule has 0 aromatic carbocycles. The van der Waals surface area contributed by atoms with E-state index in [1.54, 1.807) is 0 Å². The zero-order valence-electron chi connectivity index (χ0n) is 42.8. The van der Waals surface area contributed by atoms with Crippen molar-refractivity contribution < 1.29 is 9.59 Å². The summed E-state index contributed by atoms with van der Waals surface area (Å²) in [7, 11) is 0. The first-order valence-corrected chi connectivity index (χ1v) is 22.9. The van der Waals surface area contributed by atoms with Crippen LogP contribution in [0.3, 0.4) is 0 Å². The fourth-order valence-electron chi connectivity index (χ4n) is 10.2. The number of carbonyl (C=O) groups is 2. The number of nitrogens with one attached hydrogen (secondary N) is 2. The number of hydrogen-bond donors (Lipinski definition) is 2. The predicted octanol–water partition coefficient (Wildman–Crippen LogP) is 13.1. The predicted molar refractivity (Wildman–Crippen MR) is 250 cm³/mol. The summed E-state index contributed by atoms with van der Waals surface area (Å²) in [4.78, 5) is 37.7. The molecule has 2 rings (SSSR count). The number of nitrogens with zero attached hydrogens (tertiary/aromatic N) is 4. The zero-order valence-corrected chi connectivity index (χ0v) is 42.8. The SMILES string of the molecule is CCC(C)(C)CC(n1ccnc1)C(C)(CC)C(C)(C)C(C)(C)CC(C(=O)NCNC(=O)C(CC(C)(C)C(C)(C)C(C)(CC(C)(C)C)n1ccnc1)C(C)(C)C)C(C)(C)C. The molecule has 2 N–H and O–H groups in total. The highest BCUT2D eigenvalue weighted by molar-refractivity contribution is 5.82. The van der Waals surface area contributed by atoms with E-state index in [1.807, 2.05) is 25.0 Å². The van der Waals surface area contributed by atoms with Crippen molar-refractivity contribution >= 4 is 11.8 Å². The largest absolute Gasteiger partial charge is 0.338 e. The fourth-order valence-corrected chi connectivity index (χ4v) is 10.2. The van der Waals surface area contributed by atoms with E-state index < -0.39 is 0 Å². The Bertz CT molecular complexity index is 1630. The Balaban J connectivity index is 2.38. The summed E-state index contributed by atoms with van der Waals surface area (Å²) >= 11 is 0. The Labute approximate surface area is 364 Å². The lowest BCUT2D eigenvalue weighted by Gasteiger charge is -2.59. The van der Waals surface area contributed by atoms with Crippen LogP contribution in [0, 0.1) is 60.6 Å². The standard InChI is InChI=1S/C51H94N6O2/c1-24-45(12,13)32-39(56-28-26-52-35-56)50(22,25-2)48(18,19)46(14,15)30-37(43(6,7)8)40(58)54-34-55-41(59)38(44(9,10)11)31-47(16,17)49(20,21)51(23,33-42(3,4)5)57-29-27-53-36-57/h26-29,35-39H,24-25,30-34H2,1-23H3,(H,54,58)(H,55,59). The van der Waals surface area contributed by atoms with Gasteiger partial charge in [-0.15, -0.1) is 0 Å². The smallest absolute Gasteiger partial charge is 0.225 e. The van der Waals surface area contributed by atoms with Gasteiger partial charge >= 0.3 is 0 Å². The molecule has 5 unspecified atom stereocenters. The van der Waals surface area contributed by atoms with Gasteiger partial charge in [-0.3, -0.25) is 9.59 Å². The Hall–Kier alpha value is -2.64. The summed E-state index contributed by atoms with van der Waals surface area (Å²) in [5.74, 6) is -0.572. The van der Waals surface area contributed by atoms with E-state index in [4.69, 9.17) is 0 Å². The lowest BCUT2D eigenvalue weighted by molar-refractivity contribution is -0.136. The molecule has 0 spiro atoms. The minimum atomic E-state index is -0.298. The lowest BCUT2D eigenvalue weighted by atomic mass is 9.47.